The van der Waals surface area contributed by atoms with E-state index in [0.717, 1.165) is 37.1 Å². The number of piperidine rings is 1. The van der Waals surface area contributed by atoms with Crippen molar-refractivity contribution in [3.63, 3.8) is 0 Å². The van der Waals surface area contributed by atoms with Gasteiger partial charge in [-0.2, -0.15) is 5.10 Å². The number of hydrogen-bond donors (Lipinski definition) is 2. The topological polar surface area (TPSA) is 72.1 Å². The Hall–Kier alpha value is -2.08. The Balaban J connectivity index is 1.61. The minimum absolute atomic E-state index is 0.0161. The van der Waals surface area contributed by atoms with Gasteiger partial charge in [0.25, 0.3) is 0 Å². The number of aryl methyl sites for hydroxylation is 2. The first-order valence-corrected chi connectivity index (χ1v) is 8.76. The van der Waals surface area contributed by atoms with Gasteiger partial charge >= 0.3 is 0 Å². The zero-order valence-electron chi connectivity index (χ0n) is 14.4. The van der Waals surface area contributed by atoms with E-state index in [1.54, 1.807) is 6.26 Å². The number of carbonyl (C=O) groups is 1. The van der Waals surface area contributed by atoms with Gasteiger partial charge in [0.1, 0.15) is 5.76 Å². The van der Waals surface area contributed by atoms with Crippen molar-refractivity contribution in [2.24, 2.45) is 0 Å². The average Bonchev–Trinajstić information content (AvgIpc) is 3.26. The van der Waals surface area contributed by atoms with E-state index < -0.39 is 0 Å². The molecule has 2 aromatic rings. The van der Waals surface area contributed by atoms with Crippen LogP contribution >= 0.6 is 0 Å². The van der Waals surface area contributed by atoms with Crippen LogP contribution in [-0.2, 0) is 17.8 Å². The highest BCUT2D eigenvalue weighted by atomic mass is 16.3. The second kappa shape index (κ2) is 7.66. The molecular formula is C18H26N4O2. The van der Waals surface area contributed by atoms with Gasteiger partial charge in [0, 0.05) is 43.2 Å². The summed E-state index contributed by atoms with van der Waals surface area (Å²) >= 11 is 0. The molecule has 0 radical (unpaired) electrons. The van der Waals surface area contributed by atoms with E-state index in [9.17, 15) is 4.79 Å². The molecule has 1 fully saturated rings. The molecule has 1 saturated heterocycles. The zero-order chi connectivity index (χ0) is 16.9. The molecule has 2 aromatic heterocycles. The highest BCUT2D eigenvalue weighted by Crippen LogP contribution is 2.24. The van der Waals surface area contributed by atoms with Crippen molar-refractivity contribution in [3.05, 3.63) is 42.1 Å². The lowest BCUT2D eigenvalue weighted by Crippen LogP contribution is -2.50. The quantitative estimate of drug-likeness (QED) is 0.818. The van der Waals surface area contributed by atoms with Gasteiger partial charge in [0.05, 0.1) is 18.5 Å². The van der Waals surface area contributed by atoms with Crippen molar-refractivity contribution in [1.82, 2.24) is 20.4 Å². The van der Waals surface area contributed by atoms with Crippen molar-refractivity contribution >= 4 is 5.91 Å². The first-order valence-electron chi connectivity index (χ1n) is 8.76. The lowest BCUT2D eigenvalue weighted by molar-refractivity contribution is -0.124. The van der Waals surface area contributed by atoms with Gasteiger partial charge in [0.15, 0.2) is 0 Å². The molecule has 24 heavy (non-hydrogen) atoms. The van der Waals surface area contributed by atoms with Crippen LogP contribution in [0.15, 0.2) is 35.2 Å². The van der Waals surface area contributed by atoms with E-state index >= 15 is 0 Å². The van der Waals surface area contributed by atoms with Gasteiger partial charge in [-0.3, -0.25) is 9.48 Å². The Bertz CT molecular complexity index is 650. The van der Waals surface area contributed by atoms with E-state index in [-0.39, 0.29) is 18.0 Å². The molecule has 6 nitrogen and oxygen atoms in total. The molecule has 0 aliphatic carbocycles. The van der Waals surface area contributed by atoms with Gasteiger partial charge < -0.3 is 15.1 Å². The largest absolute Gasteiger partial charge is 0.469 e. The number of rotatable bonds is 7. The molecule has 1 aliphatic rings. The van der Waals surface area contributed by atoms with Crippen LogP contribution in [0.2, 0.25) is 0 Å². The lowest BCUT2D eigenvalue weighted by atomic mass is 9.92. The summed E-state index contributed by atoms with van der Waals surface area (Å²) in [5.74, 6) is 1.13. The molecule has 0 spiro atoms. The van der Waals surface area contributed by atoms with Crippen LogP contribution in [0.4, 0.5) is 0 Å². The fraction of sp³-hybridized carbons (Fsp3) is 0.556. The second-order valence-corrected chi connectivity index (χ2v) is 6.51. The van der Waals surface area contributed by atoms with Crippen LogP contribution in [0.1, 0.15) is 50.5 Å². The van der Waals surface area contributed by atoms with Crippen molar-refractivity contribution < 1.29 is 9.21 Å². The molecule has 0 saturated carbocycles. The van der Waals surface area contributed by atoms with E-state index in [0.29, 0.717) is 12.5 Å². The molecule has 2 N–H and O–H groups in total. The number of nitrogens with zero attached hydrogens (tertiary/aromatic N) is 2. The standard InChI is InChI=1S/C18H26N4O2/c1-3-22-12-14(11-19-22)18-16(8-9-17(23)21-18)20-13(2)6-7-15-5-4-10-24-15/h4-5,10-13,16,18,20H,3,6-9H2,1-2H3,(H,21,23)/t13-,16-,18+/m1/s1. The molecule has 0 unspecified atom stereocenters. The van der Waals surface area contributed by atoms with Crippen LogP contribution in [0.5, 0.6) is 0 Å². The number of aromatic nitrogens is 2. The highest BCUT2D eigenvalue weighted by Gasteiger charge is 2.31. The lowest BCUT2D eigenvalue weighted by Gasteiger charge is -2.34. The third kappa shape index (κ3) is 4.06. The van der Waals surface area contributed by atoms with Crippen LogP contribution in [0.3, 0.4) is 0 Å². The van der Waals surface area contributed by atoms with Crippen molar-refractivity contribution in [3.8, 4) is 0 Å². The van der Waals surface area contributed by atoms with Gasteiger partial charge in [-0.1, -0.05) is 0 Å². The molecule has 3 heterocycles. The summed E-state index contributed by atoms with van der Waals surface area (Å²) in [5, 5.41) is 11.1. The summed E-state index contributed by atoms with van der Waals surface area (Å²) in [4.78, 5) is 11.9. The first-order chi connectivity index (χ1) is 11.7. The molecule has 0 bridgehead atoms. The fourth-order valence-corrected chi connectivity index (χ4v) is 3.27. The van der Waals surface area contributed by atoms with Gasteiger partial charge in [-0.05, 0) is 38.8 Å². The van der Waals surface area contributed by atoms with E-state index in [1.807, 2.05) is 29.2 Å². The van der Waals surface area contributed by atoms with E-state index in [4.69, 9.17) is 4.42 Å². The SMILES string of the molecule is CCn1cc([C@@H]2NC(=O)CC[C@H]2N[C@H](C)CCc2ccco2)cn1. The Morgan fingerprint density at radius 2 is 2.42 bits per heavy atom. The molecule has 1 aliphatic heterocycles. The monoisotopic (exact) mass is 330 g/mol. The van der Waals surface area contributed by atoms with Gasteiger partial charge in [0.2, 0.25) is 5.91 Å². The maximum atomic E-state index is 11.9. The zero-order valence-corrected chi connectivity index (χ0v) is 14.4. The number of hydrogen-bond acceptors (Lipinski definition) is 4. The normalized spacial score (nSPS) is 22.3. The molecule has 0 aromatic carbocycles. The molecule has 3 atom stereocenters. The van der Waals surface area contributed by atoms with Gasteiger partial charge in [-0.25, -0.2) is 0 Å². The van der Waals surface area contributed by atoms with Crippen LogP contribution in [0.25, 0.3) is 0 Å². The second-order valence-electron chi connectivity index (χ2n) is 6.51. The molecule has 130 valence electrons. The Morgan fingerprint density at radius 1 is 1.54 bits per heavy atom. The predicted molar refractivity (Wildman–Crippen MR) is 91.4 cm³/mol. The summed E-state index contributed by atoms with van der Waals surface area (Å²) in [6.07, 6.45) is 8.93. The van der Waals surface area contributed by atoms with Crippen LogP contribution in [-0.4, -0.2) is 27.8 Å². The van der Waals surface area contributed by atoms with Gasteiger partial charge in [-0.15, -0.1) is 0 Å². The van der Waals surface area contributed by atoms with E-state index in [1.165, 1.54) is 0 Å². The molecule has 1 amide bonds. The first kappa shape index (κ1) is 16.8. The summed E-state index contributed by atoms with van der Waals surface area (Å²) in [7, 11) is 0. The third-order valence-electron chi connectivity index (χ3n) is 4.64. The van der Waals surface area contributed by atoms with Crippen molar-refractivity contribution in [2.45, 2.75) is 64.2 Å². The Labute approximate surface area is 142 Å². The van der Waals surface area contributed by atoms with Crippen LogP contribution < -0.4 is 10.6 Å². The predicted octanol–water partition coefficient (Wildman–Crippen LogP) is 2.43. The maximum absolute atomic E-state index is 11.9. The van der Waals surface area contributed by atoms with E-state index in [2.05, 4.69) is 29.6 Å². The maximum Gasteiger partial charge on any atom is 0.220 e. The summed E-state index contributed by atoms with van der Waals surface area (Å²) < 4.78 is 7.29. The minimum Gasteiger partial charge on any atom is -0.469 e. The third-order valence-corrected chi connectivity index (χ3v) is 4.64. The number of carbonyl (C=O) groups excluding carboxylic acids is 1. The number of nitrogens with one attached hydrogen (secondary N) is 2. The summed E-state index contributed by atoms with van der Waals surface area (Å²) in [6.45, 7) is 5.08. The molecule has 6 heteroatoms. The minimum atomic E-state index is -0.0161. The average molecular weight is 330 g/mol. The number of amides is 1. The van der Waals surface area contributed by atoms with Crippen molar-refractivity contribution in [2.75, 3.05) is 0 Å². The smallest absolute Gasteiger partial charge is 0.220 e. The Kier molecular flexibility index (Phi) is 5.35. The summed E-state index contributed by atoms with van der Waals surface area (Å²) in [5.41, 5.74) is 1.07. The highest BCUT2D eigenvalue weighted by molar-refractivity contribution is 5.77. The molecular weight excluding hydrogens is 304 g/mol. The Morgan fingerprint density at radius 3 is 3.12 bits per heavy atom. The van der Waals surface area contributed by atoms with Crippen LogP contribution in [0, 0.1) is 0 Å². The van der Waals surface area contributed by atoms with Crippen molar-refractivity contribution in [1.29, 1.82) is 0 Å². The fourth-order valence-electron chi connectivity index (χ4n) is 3.27. The number of furan rings is 1. The molecule has 3 rings (SSSR count). The summed E-state index contributed by atoms with van der Waals surface area (Å²) in [6, 6.07) is 4.49.